The number of rotatable bonds is 3. The molecular weight excluding hydrogens is 184 g/mol. The van der Waals surface area contributed by atoms with E-state index in [1.165, 1.54) is 42.5 Å². The second-order valence-electron chi connectivity index (χ2n) is 3.99. The van der Waals surface area contributed by atoms with E-state index >= 15 is 0 Å². The molecule has 1 aliphatic rings. The van der Waals surface area contributed by atoms with Gasteiger partial charge in [0.15, 0.2) is 0 Å². The summed E-state index contributed by atoms with van der Waals surface area (Å²) in [4.78, 5) is 0. The molecule has 0 spiro atoms. The van der Waals surface area contributed by atoms with Crippen molar-refractivity contribution in [2.24, 2.45) is 0 Å². The van der Waals surface area contributed by atoms with E-state index in [1.807, 2.05) is 0 Å². The standard InChI is InChI=1S/C13H16N2/c14-9-4-10-15-13-8-3-6-11-5-1-2-7-12(11)13/h3,6,8,15H,1-2,4-5,7,10H2. The average molecular weight is 200 g/mol. The maximum Gasteiger partial charge on any atom is 0.0640 e. The summed E-state index contributed by atoms with van der Waals surface area (Å²) in [6, 6.07) is 8.62. The minimum absolute atomic E-state index is 0.573. The zero-order chi connectivity index (χ0) is 10.5. The number of nitrogens with one attached hydrogen (secondary N) is 1. The first kappa shape index (κ1) is 10.0. The fourth-order valence-electron chi connectivity index (χ4n) is 2.20. The van der Waals surface area contributed by atoms with Gasteiger partial charge in [-0.1, -0.05) is 12.1 Å². The Balaban J connectivity index is 2.13. The molecule has 0 saturated carbocycles. The molecule has 2 heteroatoms. The van der Waals surface area contributed by atoms with Crippen molar-refractivity contribution in [2.45, 2.75) is 32.1 Å². The fourth-order valence-corrected chi connectivity index (χ4v) is 2.20. The van der Waals surface area contributed by atoms with Crippen LogP contribution in [0.1, 0.15) is 30.4 Å². The number of fused-ring (bicyclic) bond motifs is 1. The van der Waals surface area contributed by atoms with Crippen molar-refractivity contribution in [3.05, 3.63) is 29.3 Å². The molecule has 0 amide bonds. The molecule has 1 N–H and O–H groups in total. The maximum atomic E-state index is 8.49. The molecule has 0 heterocycles. The maximum absolute atomic E-state index is 8.49. The van der Waals surface area contributed by atoms with Gasteiger partial charge in [0.25, 0.3) is 0 Å². The lowest BCUT2D eigenvalue weighted by atomic mass is 9.90. The average Bonchev–Trinajstić information content (AvgIpc) is 2.30. The summed E-state index contributed by atoms with van der Waals surface area (Å²) in [5.74, 6) is 0. The summed E-state index contributed by atoms with van der Waals surface area (Å²) in [7, 11) is 0. The van der Waals surface area contributed by atoms with Crippen molar-refractivity contribution in [3.8, 4) is 6.07 Å². The number of nitrogens with zero attached hydrogens (tertiary/aromatic N) is 1. The first-order valence-corrected chi connectivity index (χ1v) is 5.63. The van der Waals surface area contributed by atoms with Crippen LogP contribution in [-0.4, -0.2) is 6.54 Å². The highest BCUT2D eigenvalue weighted by Gasteiger charge is 2.11. The summed E-state index contributed by atoms with van der Waals surface area (Å²) >= 11 is 0. The second-order valence-corrected chi connectivity index (χ2v) is 3.99. The van der Waals surface area contributed by atoms with Crippen LogP contribution in [0.2, 0.25) is 0 Å². The van der Waals surface area contributed by atoms with E-state index in [2.05, 4.69) is 29.6 Å². The van der Waals surface area contributed by atoms with Gasteiger partial charge in [-0.15, -0.1) is 0 Å². The molecule has 15 heavy (non-hydrogen) atoms. The lowest BCUT2D eigenvalue weighted by Crippen LogP contribution is -2.09. The molecule has 1 aliphatic carbocycles. The Labute approximate surface area is 90.9 Å². The Kier molecular flexibility index (Phi) is 3.24. The monoisotopic (exact) mass is 200 g/mol. The van der Waals surface area contributed by atoms with Crippen molar-refractivity contribution in [1.82, 2.24) is 0 Å². The van der Waals surface area contributed by atoms with Crippen LogP contribution < -0.4 is 5.32 Å². The lowest BCUT2D eigenvalue weighted by molar-refractivity contribution is 0.686. The van der Waals surface area contributed by atoms with Gasteiger partial charge in [-0.25, -0.2) is 0 Å². The molecule has 0 aliphatic heterocycles. The van der Waals surface area contributed by atoms with Crippen LogP contribution >= 0.6 is 0 Å². The minimum Gasteiger partial charge on any atom is -0.384 e. The lowest BCUT2D eigenvalue weighted by Gasteiger charge is -2.19. The van der Waals surface area contributed by atoms with Crippen LogP contribution in [0.15, 0.2) is 18.2 Å². The summed E-state index contributed by atoms with van der Waals surface area (Å²) in [5, 5.41) is 11.8. The van der Waals surface area contributed by atoms with Gasteiger partial charge in [-0.05, 0) is 42.9 Å². The predicted molar refractivity (Wildman–Crippen MR) is 61.8 cm³/mol. The van der Waals surface area contributed by atoms with Crippen LogP contribution in [0.4, 0.5) is 5.69 Å². The number of hydrogen-bond donors (Lipinski definition) is 1. The molecule has 2 rings (SSSR count). The molecule has 0 aromatic heterocycles. The van der Waals surface area contributed by atoms with Gasteiger partial charge in [0.2, 0.25) is 0 Å². The van der Waals surface area contributed by atoms with E-state index < -0.39 is 0 Å². The largest absolute Gasteiger partial charge is 0.384 e. The van der Waals surface area contributed by atoms with E-state index in [0.717, 1.165) is 6.54 Å². The zero-order valence-corrected chi connectivity index (χ0v) is 8.92. The molecule has 0 saturated heterocycles. The second kappa shape index (κ2) is 4.84. The third-order valence-corrected chi connectivity index (χ3v) is 2.95. The van der Waals surface area contributed by atoms with Gasteiger partial charge in [0, 0.05) is 12.2 Å². The fraction of sp³-hybridized carbons (Fsp3) is 0.462. The normalized spacial score (nSPS) is 14.1. The van der Waals surface area contributed by atoms with E-state index in [1.54, 1.807) is 0 Å². The van der Waals surface area contributed by atoms with E-state index in [4.69, 9.17) is 5.26 Å². The van der Waals surface area contributed by atoms with Crippen molar-refractivity contribution in [2.75, 3.05) is 11.9 Å². The molecule has 78 valence electrons. The van der Waals surface area contributed by atoms with Gasteiger partial charge in [0.1, 0.15) is 0 Å². The molecule has 1 aromatic rings. The molecule has 0 unspecified atom stereocenters. The summed E-state index contributed by atoms with van der Waals surface area (Å²) < 4.78 is 0. The number of aryl methyl sites for hydroxylation is 1. The summed E-state index contributed by atoms with van der Waals surface area (Å²) in [6.45, 7) is 0.757. The Morgan fingerprint density at radius 2 is 2.13 bits per heavy atom. The molecular formula is C13H16N2. The topological polar surface area (TPSA) is 35.8 Å². The van der Waals surface area contributed by atoms with Gasteiger partial charge in [-0.3, -0.25) is 0 Å². The van der Waals surface area contributed by atoms with Gasteiger partial charge >= 0.3 is 0 Å². The van der Waals surface area contributed by atoms with E-state index in [-0.39, 0.29) is 0 Å². The summed E-state index contributed by atoms with van der Waals surface area (Å²) in [6.07, 6.45) is 5.58. The first-order valence-electron chi connectivity index (χ1n) is 5.63. The molecule has 1 aromatic carbocycles. The predicted octanol–water partition coefficient (Wildman–Crippen LogP) is 2.89. The van der Waals surface area contributed by atoms with Crippen LogP contribution in [0.5, 0.6) is 0 Å². The molecule has 2 nitrogen and oxygen atoms in total. The quantitative estimate of drug-likeness (QED) is 0.761. The Morgan fingerprint density at radius 1 is 1.27 bits per heavy atom. The zero-order valence-electron chi connectivity index (χ0n) is 8.92. The number of anilines is 1. The number of hydrogen-bond acceptors (Lipinski definition) is 2. The van der Waals surface area contributed by atoms with E-state index in [9.17, 15) is 0 Å². The Bertz CT molecular complexity index is 377. The highest BCUT2D eigenvalue weighted by Crippen LogP contribution is 2.27. The smallest absolute Gasteiger partial charge is 0.0640 e. The molecule has 0 bridgehead atoms. The first-order chi connectivity index (χ1) is 7.42. The third kappa shape index (κ3) is 2.30. The number of nitriles is 1. The molecule has 0 fully saturated rings. The van der Waals surface area contributed by atoms with Gasteiger partial charge in [0.05, 0.1) is 12.5 Å². The SMILES string of the molecule is N#CCCNc1cccc2c1CCCC2. The minimum atomic E-state index is 0.573. The summed E-state index contributed by atoms with van der Waals surface area (Å²) in [5.41, 5.74) is 4.20. The van der Waals surface area contributed by atoms with Crippen molar-refractivity contribution < 1.29 is 0 Å². The number of benzene rings is 1. The highest BCUT2D eigenvalue weighted by atomic mass is 14.9. The van der Waals surface area contributed by atoms with Crippen molar-refractivity contribution in [3.63, 3.8) is 0 Å². The van der Waals surface area contributed by atoms with Crippen molar-refractivity contribution in [1.29, 1.82) is 5.26 Å². The van der Waals surface area contributed by atoms with Crippen LogP contribution in [0.25, 0.3) is 0 Å². The molecule has 0 radical (unpaired) electrons. The van der Waals surface area contributed by atoms with Gasteiger partial charge in [-0.2, -0.15) is 5.26 Å². The Hall–Kier alpha value is -1.49. The van der Waals surface area contributed by atoms with E-state index in [0.29, 0.717) is 6.42 Å². The van der Waals surface area contributed by atoms with Crippen molar-refractivity contribution >= 4 is 5.69 Å². The highest BCUT2D eigenvalue weighted by molar-refractivity contribution is 5.55. The van der Waals surface area contributed by atoms with Crippen LogP contribution in [0, 0.1) is 11.3 Å². The third-order valence-electron chi connectivity index (χ3n) is 2.95. The van der Waals surface area contributed by atoms with Crippen LogP contribution in [0.3, 0.4) is 0 Å². The Morgan fingerprint density at radius 3 is 3.00 bits per heavy atom. The van der Waals surface area contributed by atoms with Crippen LogP contribution in [-0.2, 0) is 12.8 Å². The molecule has 0 atom stereocenters. The van der Waals surface area contributed by atoms with Gasteiger partial charge < -0.3 is 5.32 Å².